The lowest BCUT2D eigenvalue weighted by atomic mass is 10.0. The highest BCUT2D eigenvalue weighted by atomic mass is 35.5. The summed E-state index contributed by atoms with van der Waals surface area (Å²) >= 11 is 12.6. The number of halogens is 3. The zero-order valence-electron chi connectivity index (χ0n) is 21.6. The zero-order valence-corrected chi connectivity index (χ0v) is 22.1. The summed E-state index contributed by atoms with van der Waals surface area (Å²) in [5.41, 5.74) is 9.39. The molecular weight excluding hydrogens is 552 g/mol. The van der Waals surface area contributed by atoms with Crippen LogP contribution < -0.4 is 21.6 Å². The molecule has 1 atom stereocenters. The lowest BCUT2D eigenvalue weighted by Crippen LogP contribution is -2.38. The molecule has 6 rings (SSSR count). The quantitative estimate of drug-likeness (QED) is 0.196. The zero-order chi connectivity index (χ0) is 28.7. The van der Waals surface area contributed by atoms with Crippen LogP contribution in [0, 0.1) is 28.6 Å². The number of nitriles is 2. The number of hydrogen-bond donors (Lipinski definition) is 4. The molecule has 3 heterocycles. The van der Waals surface area contributed by atoms with Crippen LogP contribution in [0.4, 0.5) is 21.5 Å². The standard InChI is InChI=1S/C28H20Cl2FN9/c29-22-8-18(7-21-25(17(11-33)12-34-27(21)22)37-19-9-23(30)28(31)35-13-19)36-26(16-3-1-2-15(6-16)10-32)24-14-40(39-38-24)20-4-5-20/h1-3,6-9,12-14,20,26,36,38-39H,4-5H2,(H,34,37)/i26D. The van der Waals surface area contributed by atoms with Crippen molar-refractivity contribution in [2.45, 2.75) is 24.9 Å². The Balaban J connectivity index is 1.47. The van der Waals surface area contributed by atoms with Gasteiger partial charge in [0.2, 0.25) is 5.95 Å². The second kappa shape index (κ2) is 10.5. The molecule has 0 spiro atoms. The van der Waals surface area contributed by atoms with Gasteiger partial charge in [-0.15, -0.1) is 5.53 Å². The maximum absolute atomic E-state index is 13.7. The Labute approximate surface area is 240 Å². The van der Waals surface area contributed by atoms with Crippen LogP contribution >= 0.6 is 23.2 Å². The predicted molar refractivity (Wildman–Crippen MR) is 151 cm³/mol. The lowest BCUT2D eigenvalue weighted by molar-refractivity contribution is 0.260. The average Bonchev–Trinajstić information content (AvgIpc) is 3.70. The van der Waals surface area contributed by atoms with E-state index in [1.54, 1.807) is 36.4 Å². The molecule has 2 aliphatic rings. The van der Waals surface area contributed by atoms with Crippen LogP contribution in [0.5, 0.6) is 0 Å². The van der Waals surface area contributed by atoms with Gasteiger partial charge >= 0.3 is 0 Å². The monoisotopic (exact) mass is 572 g/mol. The Morgan fingerprint density at radius 2 is 1.90 bits per heavy atom. The van der Waals surface area contributed by atoms with Crippen LogP contribution in [0.1, 0.15) is 36.9 Å². The van der Waals surface area contributed by atoms with E-state index in [4.69, 9.17) is 23.2 Å². The Kier molecular flexibility index (Phi) is 6.42. The van der Waals surface area contributed by atoms with Crippen molar-refractivity contribution in [2.75, 3.05) is 10.6 Å². The first-order valence-corrected chi connectivity index (χ1v) is 13.0. The Bertz CT molecular complexity index is 1820. The number of hydrazine groups is 2. The van der Waals surface area contributed by atoms with Gasteiger partial charge in [0, 0.05) is 29.5 Å². The van der Waals surface area contributed by atoms with E-state index in [9.17, 15) is 16.3 Å². The summed E-state index contributed by atoms with van der Waals surface area (Å²) in [5, 5.41) is 28.2. The van der Waals surface area contributed by atoms with E-state index >= 15 is 0 Å². The highest BCUT2D eigenvalue weighted by molar-refractivity contribution is 6.36. The van der Waals surface area contributed by atoms with Crippen LogP contribution in [0.15, 0.2) is 66.8 Å². The second-order valence-corrected chi connectivity index (χ2v) is 10.1. The number of hydrogen-bond acceptors (Lipinski definition) is 9. The minimum Gasteiger partial charge on any atom is -0.373 e. The van der Waals surface area contributed by atoms with Gasteiger partial charge in [-0.3, -0.25) is 9.99 Å². The second-order valence-electron chi connectivity index (χ2n) is 9.25. The highest BCUT2D eigenvalue weighted by Crippen LogP contribution is 2.38. The van der Waals surface area contributed by atoms with Crippen molar-refractivity contribution in [1.29, 1.82) is 10.5 Å². The first-order chi connectivity index (χ1) is 19.8. The number of nitrogens with one attached hydrogen (secondary N) is 4. The third kappa shape index (κ3) is 5.04. The average molecular weight is 573 g/mol. The predicted octanol–water partition coefficient (Wildman–Crippen LogP) is 6.04. The topological polar surface area (TPSA) is 125 Å². The molecule has 12 heteroatoms. The third-order valence-corrected chi connectivity index (χ3v) is 7.01. The summed E-state index contributed by atoms with van der Waals surface area (Å²) in [6.07, 6.45) is 6.56. The molecule has 1 aliphatic heterocycles. The number of pyridine rings is 2. The van der Waals surface area contributed by atoms with Crippen LogP contribution in [-0.2, 0) is 0 Å². The minimum atomic E-state index is -1.58. The molecule has 1 saturated carbocycles. The summed E-state index contributed by atoms with van der Waals surface area (Å²) < 4.78 is 23.3. The van der Waals surface area contributed by atoms with Gasteiger partial charge in [-0.1, -0.05) is 35.3 Å². The van der Waals surface area contributed by atoms with Gasteiger partial charge in [0.1, 0.15) is 6.07 Å². The van der Waals surface area contributed by atoms with Crippen molar-refractivity contribution in [2.24, 2.45) is 0 Å². The first kappa shape index (κ1) is 24.4. The molecule has 0 amide bonds. The molecule has 0 bridgehead atoms. The molecule has 1 aliphatic carbocycles. The van der Waals surface area contributed by atoms with E-state index in [1.807, 2.05) is 11.2 Å². The Morgan fingerprint density at radius 3 is 2.65 bits per heavy atom. The summed E-state index contributed by atoms with van der Waals surface area (Å²) in [6.45, 7) is 0. The highest BCUT2D eigenvalue weighted by Gasteiger charge is 2.32. The molecule has 1 unspecified atom stereocenters. The van der Waals surface area contributed by atoms with Gasteiger partial charge in [0.25, 0.3) is 0 Å². The molecule has 198 valence electrons. The van der Waals surface area contributed by atoms with Crippen LogP contribution in [-0.4, -0.2) is 21.0 Å². The molecule has 4 aromatic rings. The van der Waals surface area contributed by atoms with Crippen LogP contribution in [0.2, 0.25) is 10.0 Å². The third-order valence-electron chi connectivity index (χ3n) is 6.46. The van der Waals surface area contributed by atoms with E-state index < -0.39 is 12.0 Å². The molecule has 40 heavy (non-hydrogen) atoms. The SMILES string of the molecule is [2H]C(Nc1cc(Cl)c2ncc(C#N)c(Nc3cnc(F)c(Cl)c3)c2c1)(C1=CN(C2CC2)NN1)c1cccc(C#N)c1. The summed E-state index contributed by atoms with van der Waals surface area (Å²) in [5.74, 6) is -0.816. The first-order valence-electron chi connectivity index (χ1n) is 12.7. The van der Waals surface area contributed by atoms with E-state index in [-0.39, 0.29) is 15.6 Å². The van der Waals surface area contributed by atoms with Crippen molar-refractivity contribution in [3.63, 3.8) is 0 Å². The Morgan fingerprint density at radius 1 is 1.07 bits per heavy atom. The van der Waals surface area contributed by atoms with Gasteiger partial charge in [-0.2, -0.15) is 14.9 Å². The van der Waals surface area contributed by atoms with Crippen molar-refractivity contribution < 1.29 is 5.76 Å². The molecule has 2 aromatic carbocycles. The van der Waals surface area contributed by atoms with Gasteiger partial charge in [-0.25, -0.2) is 4.98 Å². The molecule has 4 N–H and O–H groups in total. The normalized spacial score (nSPS) is 16.3. The van der Waals surface area contributed by atoms with Crippen LogP contribution in [0.3, 0.4) is 0 Å². The lowest BCUT2D eigenvalue weighted by Gasteiger charge is -2.22. The largest absolute Gasteiger partial charge is 0.373 e. The number of anilines is 3. The maximum atomic E-state index is 13.7. The number of benzene rings is 2. The van der Waals surface area contributed by atoms with E-state index in [1.165, 1.54) is 18.5 Å². The maximum Gasteiger partial charge on any atom is 0.231 e. The van der Waals surface area contributed by atoms with Gasteiger partial charge in [-0.05, 0) is 48.7 Å². The van der Waals surface area contributed by atoms with E-state index in [0.717, 1.165) is 12.8 Å². The number of aromatic nitrogens is 2. The molecule has 0 radical (unpaired) electrons. The van der Waals surface area contributed by atoms with Gasteiger partial charge in [0.05, 0.1) is 63.4 Å². The van der Waals surface area contributed by atoms with E-state index in [0.29, 0.717) is 50.8 Å². The Hall–Kier alpha value is -4.61. The fourth-order valence-electron chi connectivity index (χ4n) is 4.37. The minimum absolute atomic E-state index is 0.183. The smallest absolute Gasteiger partial charge is 0.231 e. The van der Waals surface area contributed by atoms with E-state index in [2.05, 4.69) is 43.7 Å². The van der Waals surface area contributed by atoms with Gasteiger partial charge < -0.3 is 16.1 Å². The molecule has 9 nitrogen and oxygen atoms in total. The molecule has 1 fully saturated rings. The molecule has 0 saturated heterocycles. The van der Waals surface area contributed by atoms with Crippen LogP contribution in [0.25, 0.3) is 10.9 Å². The van der Waals surface area contributed by atoms with Crippen molar-refractivity contribution in [3.05, 3.63) is 99.4 Å². The fourth-order valence-corrected chi connectivity index (χ4v) is 4.81. The van der Waals surface area contributed by atoms with Crippen molar-refractivity contribution in [3.8, 4) is 12.1 Å². The number of nitrogens with zero attached hydrogens (tertiary/aromatic N) is 5. The van der Waals surface area contributed by atoms with Crippen molar-refractivity contribution >= 4 is 51.2 Å². The number of fused-ring (bicyclic) bond motifs is 1. The van der Waals surface area contributed by atoms with Gasteiger partial charge in [0.15, 0.2) is 0 Å². The molecular formula is C28H20Cl2FN9. The fraction of sp³-hybridized carbons (Fsp3) is 0.143. The molecule has 2 aromatic heterocycles. The summed E-state index contributed by atoms with van der Waals surface area (Å²) in [4.78, 5) is 8.01. The summed E-state index contributed by atoms with van der Waals surface area (Å²) in [7, 11) is 0. The number of rotatable bonds is 7. The summed E-state index contributed by atoms with van der Waals surface area (Å²) in [6, 6.07) is 14.5. The van der Waals surface area contributed by atoms with Crippen molar-refractivity contribution in [1.82, 2.24) is 25.9 Å².